The highest BCUT2D eigenvalue weighted by atomic mass is 35.5. The Kier molecular flexibility index (Phi) is 5.03. The lowest BCUT2D eigenvalue weighted by Crippen LogP contribution is -2.00. The highest BCUT2D eigenvalue weighted by Crippen LogP contribution is 2.17. The molecule has 24 heavy (non-hydrogen) atoms. The molecule has 0 N–H and O–H groups in total. The lowest BCUT2D eigenvalue weighted by atomic mass is 10.2. The minimum absolute atomic E-state index is 0.0797. The molecule has 0 aliphatic rings. The van der Waals surface area contributed by atoms with E-state index in [-0.39, 0.29) is 12.5 Å². The Balaban J connectivity index is 1.55. The second kappa shape index (κ2) is 7.57. The summed E-state index contributed by atoms with van der Waals surface area (Å²) < 4.78 is 10.5. The zero-order valence-corrected chi connectivity index (χ0v) is 13.3. The van der Waals surface area contributed by atoms with E-state index < -0.39 is 5.97 Å². The van der Waals surface area contributed by atoms with Gasteiger partial charge in [0.15, 0.2) is 6.61 Å². The summed E-state index contributed by atoms with van der Waals surface area (Å²) in [6.07, 6.45) is 2.97. The van der Waals surface area contributed by atoms with Crippen molar-refractivity contribution < 1.29 is 13.9 Å². The number of ether oxygens (including phenoxy) is 1. The Morgan fingerprint density at radius 1 is 1.08 bits per heavy atom. The summed E-state index contributed by atoms with van der Waals surface area (Å²) in [7, 11) is 0. The summed E-state index contributed by atoms with van der Waals surface area (Å²) in [6, 6.07) is 16.5. The molecule has 0 radical (unpaired) electrons. The van der Waals surface area contributed by atoms with E-state index in [0.717, 1.165) is 11.1 Å². The molecule has 2 aromatic carbocycles. The van der Waals surface area contributed by atoms with Gasteiger partial charge in [-0.3, -0.25) is 0 Å². The number of carbonyl (C=O) groups is 1. The van der Waals surface area contributed by atoms with E-state index in [0.29, 0.717) is 10.9 Å². The van der Waals surface area contributed by atoms with Crippen LogP contribution in [0.5, 0.6) is 0 Å². The molecule has 0 saturated heterocycles. The SMILES string of the molecule is O=C(/C=C/c1ccc(Cl)cc1)OCc1nnc(-c2ccccc2)o1. The molecule has 0 atom stereocenters. The second-order valence-corrected chi connectivity index (χ2v) is 5.30. The zero-order valence-electron chi connectivity index (χ0n) is 12.6. The maximum absolute atomic E-state index is 11.7. The number of esters is 1. The topological polar surface area (TPSA) is 65.2 Å². The molecular formula is C18H13ClN2O3. The average molecular weight is 341 g/mol. The van der Waals surface area contributed by atoms with E-state index >= 15 is 0 Å². The van der Waals surface area contributed by atoms with Gasteiger partial charge in [-0.05, 0) is 35.9 Å². The first-order valence-corrected chi connectivity index (χ1v) is 7.57. The summed E-state index contributed by atoms with van der Waals surface area (Å²) in [6.45, 7) is -0.0797. The molecule has 0 aliphatic heterocycles. The smallest absolute Gasteiger partial charge is 0.331 e. The van der Waals surface area contributed by atoms with Crippen LogP contribution in [-0.2, 0) is 16.1 Å². The van der Waals surface area contributed by atoms with E-state index in [1.807, 2.05) is 30.3 Å². The van der Waals surface area contributed by atoms with Crippen molar-refractivity contribution in [2.75, 3.05) is 0 Å². The third-order valence-electron chi connectivity index (χ3n) is 3.11. The van der Waals surface area contributed by atoms with Crippen molar-refractivity contribution in [3.05, 3.63) is 77.2 Å². The number of rotatable bonds is 5. The average Bonchev–Trinajstić information content (AvgIpc) is 3.09. The lowest BCUT2D eigenvalue weighted by Gasteiger charge is -1.97. The molecule has 0 aliphatic carbocycles. The number of hydrogen-bond acceptors (Lipinski definition) is 5. The molecule has 0 fully saturated rings. The normalized spacial score (nSPS) is 10.9. The summed E-state index contributed by atoms with van der Waals surface area (Å²) in [5.74, 6) is 0.130. The van der Waals surface area contributed by atoms with Gasteiger partial charge in [-0.15, -0.1) is 10.2 Å². The Morgan fingerprint density at radius 3 is 2.58 bits per heavy atom. The van der Waals surface area contributed by atoms with Crippen LogP contribution in [0.3, 0.4) is 0 Å². The van der Waals surface area contributed by atoms with E-state index in [9.17, 15) is 4.79 Å². The standard InChI is InChI=1S/C18H13ClN2O3/c19-15-9-6-13(7-10-15)8-11-17(22)23-12-16-20-21-18(24-16)14-4-2-1-3-5-14/h1-11H,12H2/b11-8+. The fourth-order valence-corrected chi connectivity index (χ4v) is 2.05. The summed E-state index contributed by atoms with van der Waals surface area (Å²) >= 11 is 5.80. The maximum Gasteiger partial charge on any atom is 0.331 e. The summed E-state index contributed by atoms with van der Waals surface area (Å²) in [4.78, 5) is 11.7. The zero-order chi connectivity index (χ0) is 16.8. The maximum atomic E-state index is 11.7. The van der Waals surface area contributed by atoms with Crippen LogP contribution >= 0.6 is 11.6 Å². The van der Waals surface area contributed by atoms with Crippen LogP contribution in [0.15, 0.2) is 65.1 Å². The quantitative estimate of drug-likeness (QED) is 0.515. The van der Waals surface area contributed by atoms with Crippen molar-refractivity contribution in [2.45, 2.75) is 6.61 Å². The molecule has 6 heteroatoms. The van der Waals surface area contributed by atoms with Crippen molar-refractivity contribution in [3.63, 3.8) is 0 Å². The molecule has 1 heterocycles. The first-order valence-electron chi connectivity index (χ1n) is 7.19. The van der Waals surface area contributed by atoms with Gasteiger partial charge in [0, 0.05) is 16.7 Å². The lowest BCUT2D eigenvalue weighted by molar-refractivity contribution is -0.139. The van der Waals surface area contributed by atoms with Crippen LogP contribution in [0.2, 0.25) is 5.02 Å². The van der Waals surface area contributed by atoms with Crippen molar-refractivity contribution in [2.24, 2.45) is 0 Å². The molecule has 0 unspecified atom stereocenters. The molecule has 0 amide bonds. The first-order chi connectivity index (χ1) is 11.7. The van der Waals surface area contributed by atoms with Gasteiger partial charge in [-0.2, -0.15) is 0 Å². The molecule has 0 bridgehead atoms. The summed E-state index contributed by atoms with van der Waals surface area (Å²) in [5.41, 5.74) is 1.66. The molecule has 1 aromatic heterocycles. The minimum atomic E-state index is -0.496. The molecule has 120 valence electrons. The largest absolute Gasteiger partial charge is 0.452 e. The monoisotopic (exact) mass is 340 g/mol. The van der Waals surface area contributed by atoms with Gasteiger partial charge < -0.3 is 9.15 Å². The van der Waals surface area contributed by atoms with Crippen molar-refractivity contribution in [1.29, 1.82) is 0 Å². The molecule has 0 saturated carbocycles. The third-order valence-corrected chi connectivity index (χ3v) is 3.36. The van der Waals surface area contributed by atoms with Crippen LogP contribution in [0.4, 0.5) is 0 Å². The van der Waals surface area contributed by atoms with Gasteiger partial charge in [0.1, 0.15) is 0 Å². The minimum Gasteiger partial charge on any atom is -0.452 e. The van der Waals surface area contributed by atoms with Gasteiger partial charge in [0.05, 0.1) is 0 Å². The molecule has 3 aromatic rings. The third kappa shape index (κ3) is 4.30. The Labute approximate surface area is 143 Å². The van der Waals surface area contributed by atoms with E-state index in [1.54, 1.807) is 30.3 Å². The Hall–Kier alpha value is -2.92. The molecule has 3 rings (SSSR count). The highest BCUT2D eigenvalue weighted by molar-refractivity contribution is 6.30. The van der Waals surface area contributed by atoms with Crippen LogP contribution in [0, 0.1) is 0 Å². The number of carbonyl (C=O) groups excluding carboxylic acids is 1. The Bertz CT molecular complexity index is 842. The molecule has 0 spiro atoms. The van der Waals surface area contributed by atoms with E-state index in [4.69, 9.17) is 20.8 Å². The first kappa shape index (κ1) is 16.0. The van der Waals surface area contributed by atoms with Gasteiger partial charge >= 0.3 is 5.97 Å². The van der Waals surface area contributed by atoms with Crippen molar-refractivity contribution in [3.8, 4) is 11.5 Å². The fraction of sp³-hybridized carbons (Fsp3) is 0.0556. The number of halogens is 1. The number of hydrogen-bond donors (Lipinski definition) is 0. The second-order valence-electron chi connectivity index (χ2n) is 4.86. The summed E-state index contributed by atoms with van der Waals surface area (Å²) in [5, 5.41) is 8.43. The van der Waals surface area contributed by atoms with Crippen LogP contribution in [0.25, 0.3) is 17.5 Å². The van der Waals surface area contributed by atoms with Gasteiger partial charge in [-0.1, -0.05) is 41.9 Å². The van der Waals surface area contributed by atoms with E-state index in [2.05, 4.69) is 10.2 Å². The number of benzene rings is 2. The van der Waals surface area contributed by atoms with Gasteiger partial charge in [-0.25, -0.2) is 4.79 Å². The fourth-order valence-electron chi connectivity index (χ4n) is 1.93. The number of aromatic nitrogens is 2. The predicted octanol–water partition coefficient (Wildman–Crippen LogP) is 4.15. The van der Waals surface area contributed by atoms with Gasteiger partial charge in [0.25, 0.3) is 5.89 Å². The van der Waals surface area contributed by atoms with Crippen LogP contribution in [0.1, 0.15) is 11.5 Å². The van der Waals surface area contributed by atoms with E-state index in [1.165, 1.54) is 6.08 Å². The van der Waals surface area contributed by atoms with Crippen LogP contribution < -0.4 is 0 Å². The predicted molar refractivity (Wildman–Crippen MR) is 90.0 cm³/mol. The van der Waals surface area contributed by atoms with Crippen LogP contribution in [-0.4, -0.2) is 16.2 Å². The van der Waals surface area contributed by atoms with Crippen molar-refractivity contribution >= 4 is 23.6 Å². The van der Waals surface area contributed by atoms with Gasteiger partial charge in [0.2, 0.25) is 5.89 Å². The highest BCUT2D eigenvalue weighted by Gasteiger charge is 2.09. The number of nitrogens with zero attached hydrogens (tertiary/aromatic N) is 2. The molecular weight excluding hydrogens is 328 g/mol. The molecule has 5 nitrogen and oxygen atoms in total. The van der Waals surface area contributed by atoms with Crippen molar-refractivity contribution in [1.82, 2.24) is 10.2 Å². The Morgan fingerprint density at radius 2 is 1.83 bits per heavy atom.